The van der Waals surface area contributed by atoms with E-state index in [2.05, 4.69) is 5.32 Å². The quantitative estimate of drug-likeness (QED) is 0.836. The van der Waals surface area contributed by atoms with Crippen LogP contribution in [0.15, 0.2) is 24.3 Å². The predicted molar refractivity (Wildman–Crippen MR) is 72.2 cm³/mol. The molecule has 2 saturated carbocycles. The molecule has 1 N–H and O–H groups in total. The molecule has 110 valence electrons. The van der Waals surface area contributed by atoms with Crippen LogP contribution in [0.3, 0.4) is 0 Å². The highest BCUT2D eigenvalue weighted by molar-refractivity contribution is 5.32. The van der Waals surface area contributed by atoms with Gasteiger partial charge < -0.3 is 5.32 Å². The van der Waals surface area contributed by atoms with E-state index in [1.54, 1.807) is 12.1 Å². The number of alkyl halides is 3. The summed E-state index contributed by atoms with van der Waals surface area (Å²) in [6.07, 6.45) is 0.619. The van der Waals surface area contributed by atoms with Crippen molar-refractivity contribution >= 4 is 0 Å². The van der Waals surface area contributed by atoms with Gasteiger partial charge in [0, 0.05) is 12.1 Å². The van der Waals surface area contributed by atoms with Crippen molar-refractivity contribution in [3.05, 3.63) is 35.4 Å². The van der Waals surface area contributed by atoms with Crippen molar-refractivity contribution in [2.45, 2.75) is 50.9 Å². The molecular weight excluding hydrogens is 263 g/mol. The molecule has 0 amide bonds. The number of nitrogens with one attached hydrogen (secondary N) is 1. The van der Waals surface area contributed by atoms with Crippen LogP contribution in [0, 0.1) is 11.8 Å². The van der Waals surface area contributed by atoms with E-state index in [0.717, 1.165) is 0 Å². The summed E-state index contributed by atoms with van der Waals surface area (Å²) in [5.74, 6) is 1.37. The first kappa shape index (κ1) is 13.9. The fourth-order valence-corrected chi connectivity index (χ4v) is 3.08. The maximum Gasteiger partial charge on any atom is 0.416 e. The van der Waals surface area contributed by atoms with Gasteiger partial charge >= 0.3 is 6.18 Å². The number of hydrogen-bond acceptors (Lipinski definition) is 1. The second kappa shape index (κ2) is 5.06. The Morgan fingerprint density at radius 3 is 2.10 bits per heavy atom. The Hall–Kier alpha value is -1.03. The van der Waals surface area contributed by atoms with Gasteiger partial charge in [-0.1, -0.05) is 18.2 Å². The van der Waals surface area contributed by atoms with E-state index < -0.39 is 11.7 Å². The minimum absolute atomic E-state index is 0.251. The predicted octanol–water partition coefficient (Wildman–Crippen LogP) is 4.54. The molecule has 0 aromatic heterocycles. The van der Waals surface area contributed by atoms with Crippen molar-refractivity contribution in [3.63, 3.8) is 0 Å². The standard InChI is InChI=1S/C16H20F3N/c1-10(20-15(11-6-7-11)12-8-9-12)13-4-2-3-5-14(13)16(17,18)19/h2-5,10-12,15,20H,6-9H2,1H3. The van der Waals surface area contributed by atoms with E-state index in [4.69, 9.17) is 0 Å². The normalized spacial score (nSPS) is 21.2. The topological polar surface area (TPSA) is 12.0 Å². The van der Waals surface area contributed by atoms with E-state index in [0.29, 0.717) is 23.4 Å². The Morgan fingerprint density at radius 1 is 1.05 bits per heavy atom. The molecule has 1 aromatic rings. The molecular formula is C16H20F3N. The van der Waals surface area contributed by atoms with Gasteiger partial charge in [0.2, 0.25) is 0 Å². The third kappa shape index (κ3) is 3.00. The zero-order valence-corrected chi connectivity index (χ0v) is 11.6. The number of hydrogen-bond donors (Lipinski definition) is 1. The first-order valence-electron chi connectivity index (χ1n) is 7.39. The van der Waals surface area contributed by atoms with Gasteiger partial charge in [0.05, 0.1) is 5.56 Å². The van der Waals surface area contributed by atoms with Crippen LogP contribution in [0.4, 0.5) is 13.2 Å². The maximum absolute atomic E-state index is 13.1. The molecule has 20 heavy (non-hydrogen) atoms. The Kier molecular flexibility index (Phi) is 3.53. The molecule has 2 fully saturated rings. The molecule has 4 heteroatoms. The molecule has 2 aliphatic rings. The summed E-state index contributed by atoms with van der Waals surface area (Å²) in [7, 11) is 0. The average Bonchev–Trinajstić information content (AvgIpc) is 3.28. The second-order valence-corrected chi connectivity index (χ2v) is 6.17. The molecule has 0 heterocycles. The van der Waals surface area contributed by atoms with Crippen LogP contribution in [0.25, 0.3) is 0 Å². The van der Waals surface area contributed by atoms with Crippen molar-refractivity contribution < 1.29 is 13.2 Å². The SMILES string of the molecule is CC(NC(C1CC1)C1CC1)c1ccccc1C(F)(F)F. The van der Waals surface area contributed by atoms with Gasteiger partial charge in [0.25, 0.3) is 0 Å². The van der Waals surface area contributed by atoms with E-state index in [-0.39, 0.29) is 6.04 Å². The Bertz CT molecular complexity index is 463. The third-order valence-corrected chi connectivity index (χ3v) is 4.43. The van der Waals surface area contributed by atoms with E-state index in [9.17, 15) is 13.2 Å². The van der Waals surface area contributed by atoms with E-state index in [1.165, 1.54) is 37.8 Å². The third-order valence-electron chi connectivity index (χ3n) is 4.43. The maximum atomic E-state index is 13.1. The Morgan fingerprint density at radius 2 is 1.60 bits per heavy atom. The lowest BCUT2D eigenvalue weighted by Gasteiger charge is -2.25. The van der Waals surface area contributed by atoms with Gasteiger partial charge in [-0.3, -0.25) is 0 Å². The summed E-state index contributed by atoms with van der Waals surface area (Å²) >= 11 is 0. The van der Waals surface area contributed by atoms with Crippen molar-refractivity contribution in [1.82, 2.24) is 5.32 Å². The summed E-state index contributed by atoms with van der Waals surface area (Å²) in [5.41, 5.74) is -0.142. The molecule has 0 radical (unpaired) electrons. The van der Waals surface area contributed by atoms with Gasteiger partial charge in [-0.2, -0.15) is 13.2 Å². The minimum Gasteiger partial charge on any atom is -0.307 e. The zero-order valence-electron chi connectivity index (χ0n) is 11.6. The molecule has 1 aromatic carbocycles. The average molecular weight is 283 g/mol. The summed E-state index contributed by atoms with van der Waals surface area (Å²) in [5, 5.41) is 3.47. The first-order valence-corrected chi connectivity index (χ1v) is 7.39. The summed E-state index contributed by atoms with van der Waals surface area (Å²) < 4.78 is 39.2. The summed E-state index contributed by atoms with van der Waals surface area (Å²) in [4.78, 5) is 0. The molecule has 0 saturated heterocycles. The van der Waals surface area contributed by atoms with Gasteiger partial charge in [-0.25, -0.2) is 0 Å². The van der Waals surface area contributed by atoms with Gasteiger partial charge in [-0.05, 0) is 56.1 Å². The lowest BCUT2D eigenvalue weighted by Crippen LogP contribution is -2.35. The number of benzene rings is 1. The van der Waals surface area contributed by atoms with E-state index >= 15 is 0 Å². The Labute approximate surface area is 117 Å². The molecule has 1 atom stereocenters. The number of halogens is 3. The van der Waals surface area contributed by atoms with Crippen LogP contribution in [-0.2, 0) is 6.18 Å². The molecule has 3 rings (SSSR count). The minimum atomic E-state index is -4.28. The number of rotatable bonds is 5. The van der Waals surface area contributed by atoms with Crippen LogP contribution in [-0.4, -0.2) is 6.04 Å². The lowest BCUT2D eigenvalue weighted by molar-refractivity contribution is -0.138. The second-order valence-electron chi connectivity index (χ2n) is 6.17. The fourth-order valence-electron chi connectivity index (χ4n) is 3.08. The van der Waals surface area contributed by atoms with Crippen molar-refractivity contribution in [1.29, 1.82) is 0 Å². The largest absolute Gasteiger partial charge is 0.416 e. The van der Waals surface area contributed by atoms with Gasteiger partial charge in [-0.15, -0.1) is 0 Å². The van der Waals surface area contributed by atoms with E-state index in [1.807, 2.05) is 6.92 Å². The fraction of sp³-hybridized carbons (Fsp3) is 0.625. The van der Waals surface area contributed by atoms with Crippen LogP contribution in [0.1, 0.15) is 49.8 Å². The molecule has 1 unspecified atom stereocenters. The molecule has 1 nitrogen and oxygen atoms in total. The summed E-state index contributed by atoms with van der Waals surface area (Å²) in [6.45, 7) is 1.85. The van der Waals surface area contributed by atoms with Crippen LogP contribution in [0.5, 0.6) is 0 Å². The molecule has 0 bridgehead atoms. The highest BCUT2D eigenvalue weighted by atomic mass is 19.4. The molecule has 2 aliphatic carbocycles. The zero-order chi connectivity index (χ0) is 14.3. The highest BCUT2D eigenvalue weighted by Gasteiger charge is 2.42. The van der Waals surface area contributed by atoms with Crippen LogP contribution in [0.2, 0.25) is 0 Å². The van der Waals surface area contributed by atoms with Gasteiger partial charge in [0.15, 0.2) is 0 Å². The lowest BCUT2D eigenvalue weighted by atomic mass is 9.98. The van der Waals surface area contributed by atoms with Crippen molar-refractivity contribution in [2.75, 3.05) is 0 Å². The highest BCUT2D eigenvalue weighted by Crippen LogP contribution is 2.45. The monoisotopic (exact) mass is 283 g/mol. The van der Waals surface area contributed by atoms with Gasteiger partial charge in [0.1, 0.15) is 0 Å². The molecule has 0 aliphatic heterocycles. The van der Waals surface area contributed by atoms with Crippen molar-refractivity contribution in [3.8, 4) is 0 Å². The van der Waals surface area contributed by atoms with Crippen LogP contribution >= 0.6 is 0 Å². The summed E-state index contributed by atoms with van der Waals surface area (Å²) in [6, 6.07) is 6.07. The smallest absolute Gasteiger partial charge is 0.307 e. The molecule has 0 spiro atoms. The first-order chi connectivity index (χ1) is 9.47. The Balaban J connectivity index is 1.77. The van der Waals surface area contributed by atoms with Crippen molar-refractivity contribution in [2.24, 2.45) is 11.8 Å². The van der Waals surface area contributed by atoms with Crippen LogP contribution < -0.4 is 5.32 Å².